The number of aromatic nitrogens is 4. The minimum Gasteiger partial charge on any atom is -0.478 e. The van der Waals surface area contributed by atoms with Crippen LogP contribution in [-0.2, 0) is 13.0 Å². The van der Waals surface area contributed by atoms with Crippen molar-refractivity contribution in [3.8, 4) is 0 Å². The van der Waals surface area contributed by atoms with Crippen LogP contribution >= 0.6 is 0 Å². The van der Waals surface area contributed by atoms with E-state index in [1.807, 2.05) is 18.2 Å². The Kier molecular flexibility index (Phi) is 3.35. The molecule has 6 nitrogen and oxygen atoms in total. The molecule has 0 amide bonds. The van der Waals surface area contributed by atoms with Crippen LogP contribution in [-0.4, -0.2) is 31.1 Å². The number of aryl methyl sites for hydroxylation is 1. The second-order valence-electron chi connectivity index (χ2n) is 4.69. The van der Waals surface area contributed by atoms with Gasteiger partial charge in [-0.1, -0.05) is 24.3 Å². The van der Waals surface area contributed by atoms with Gasteiger partial charge in [-0.15, -0.1) is 5.10 Å². The molecule has 2 heterocycles. The molecule has 3 rings (SSSR count). The average molecular weight is 282 g/mol. The van der Waals surface area contributed by atoms with Gasteiger partial charge in [0, 0.05) is 6.20 Å². The molecule has 6 heteroatoms. The minimum atomic E-state index is -1.00. The smallest absolute Gasteiger partial charge is 0.338 e. The van der Waals surface area contributed by atoms with E-state index in [0.29, 0.717) is 17.6 Å². The van der Waals surface area contributed by atoms with Crippen LogP contribution in [0.5, 0.6) is 0 Å². The van der Waals surface area contributed by atoms with Gasteiger partial charge in [-0.25, -0.2) is 9.48 Å². The van der Waals surface area contributed by atoms with Crippen LogP contribution in [0.2, 0.25) is 0 Å². The number of benzene rings is 1. The van der Waals surface area contributed by atoms with Crippen molar-refractivity contribution < 1.29 is 9.90 Å². The van der Waals surface area contributed by atoms with E-state index in [9.17, 15) is 9.90 Å². The molecule has 1 N–H and O–H groups in total. The number of hydrogen-bond acceptors (Lipinski definition) is 4. The predicted molar refractivity (Wildman–Crippen MR) is 77.2 cm³/mol. The highest BCUT2D eigenvalue weighted by Gasteiger charge is 2.14. The number of carboxylic acid groups (broad SMARTS) is 1. The van der Waals surface area contributed by atoms with Gasteiger partial charge in [0.15, 0.2) is 0 Å². The van der Waals surface area contributed by atoms with Crippen molar-refractivity contribution >= 4 is 17.0 Å². The first-order valence-electron chi connectivity index (χ1n) is 6.69. The van der Waals surface area contributed by atoms with Gasteiger partial charge in [-0.05, 0) is 30.2 Å². The Bertz CT molecular complexity index is 810. The van der Waals surface area contributed by atoms with Gasteiger partial charge in [-0.3, -0.25) is 4.98 Å². The SMILES string of the molecule is CCc1cccnc1Cn1nnc2c(C(=O)O)cccc21. The lowest BCUT2D eigenvalue weighted by Crippen LogP contribution is -2.06. The summed E-state index contributed by atoms with van der Waals surface area (Å²) in [5, 5.41) is 17.2. The molecule has 0 spiro atoms. The van der Waals surface area contributed by atoms with Crippen LogP contribution in [0.3, 0.4) is 0 Å². The maximum Gasteiger partial charge on any atom is 0.338 e. The summed E-state index contributed by atoms with van der Waals surface area (Å²) in [6, 6.07) is 8.98. The lowest BCUT2D eigenvalue weighted by Gasteiger charge is -2.06. The van der Waals surface area contributed by atoms with Crippen LogP contribution in [0.4, 0.5) is 0 Å². The zero-order valence-electron chi connectivity index (χ0n) is 11.5. The van der Waals surface area contributed by atoms with E-state index in [4.69, 9.17) is 0 Å². The molecule has 1 aromatic carbocycles. The Morgan fingerprint density at radius 3 is 2.90 bits per heavy atom. The molecule has 2 aromatic heterocycles. The molecule has 106 valence electrons. The topological polar surface area (TPSA) is 80.9 Å². The summed E-state index contributed by atoms with van der Waals surface area (Å²) in [5.74, 6) is -1.00. The first-order valence-corrected chi connectivity index (χ1v) is 6.69. The van der Waals surface area contributed by atoms with Crippen molar-refractivity contribution in [1.82, 2.24) is 20.0 Å². The molecule has 0 aliphatic carbocycles. The lowest BCUT2D eigenvalue weighted by atomic mass is 10.1. The van der Waals surface area contributed by atoms with Gasteiger partial charge < -0.3 is 5.11 Å². The van der Waals surface area contributed by atoms with Gasteiger partial charge in [0.2, 0.25) is 0 Å². The van der Waals surface area contributed by atoms with Crippen LogP contribution in [0.25, 0.3) is 11.0 Å². The molecule has 0 aliphatic rings. The van der Waals surface area contributed by atoms with Gasteiger partial charge in [0.1, 0.15) is 5.52 Å². The minimum absolute atomic E-state index is 0.162. The van der Waals surface area contributed by atoms with Crippen LogP contribution in [0.15, 0.2) is 36.5 Å². The zero-order valence-corrected chi connectivity index (χ0v) is 11.5. The maximum atomic E-state index is 11.2. The molecule has 0 saturated carbocycles. The second-order valence-corrected chi connectivity index (χ2v) is 4.69. The third-order valence-corrected chi connectivity index (χ3v) is 3.44. The molecule has 21 heavy (non-hydrogen) atoms. The van der Waals surface area contributed by atoms with E-state index in [-0.39, 0.29) is 5.56 Å². The monoisotopic (exact) mass is 282 g/mol. The van der Waals surface area contributed by atoms with Gasteiger partial charge >= 0.3 is 5.97 Å². The fraction of sp³-hybridized carbons (Fsp3) is 0.200. The summed E-state index contributed by atoms with van der Waals surface area (Å²) in [4.78, 5) is 15.6. The number of fused-ring (bicyclic) bond motifs is 1. The van der Waals surface area contributed by atoms with Crippen molar-refractivity contribution in [2.75, 3.05) is 0 Å². The third kappa shape index (κ3) is 2.35. The largest absolute Gasteiger partial charge is 0.478 e. The molecular formula is C15H14N4O2. The summed E-state index contributed by atoms with van der Waals surface area (Å²) >= 11 is 0. The number of pyridine rings is 1. The molecule has 0 saturated heterocycles. The van der Waals surface area contributed by atoms with E-state index in [2.05, 4.69) is 22.2 Å². The van der Waals surface area contributed by atoms with E-state index in [1.165, 1.54) is 6.07 Å². The molecule has 0 radical (unpaired) electrons. The second kappa shape index (κ2) is 5.32. The summed E-state index contributed by atoms with van der Waals surface area (Å²) in [7, 11) is 0. The number of rotatable bonds is 4. The zero-order chi connectivity index (χ0) is 14.8. The highest BCUT2D eigenvalue weighted by Crippen LogP contribution is 2.17. The number of hydrogen-bond donors (Lipinski definition) is 1. The predicted octanol–water partition coefficient (Wildman–Crippen LogP) is 2.14. The van der Waals surface area contributed by atoms with E-state index in [1.54, 1.807) is 16.9 Å². The first-order chi connectivity index (χ1) is 10.2. The Morgan fingerprint density at radius 2 is 2.14 bits per heavy atom. The first kappa shape index (κ1) is 13.2. The number of carboxylic acids is 1. The Hall–Kier alpha value is -2.76. The van der Waals surface area contributed by atoms with Crippen LogP contribution in [0, 0.1) is 0 Å². The molecule has 0 bridgehead atoms. The van der Waals surface area contributed by atoms with Gasteiger partial charge in [0.05, 0.1) is 23.3 Å². The third-order valence-electron chi connectivity index (χ3n) is 3.44. The van der Waals surface area contributed by atoms with Crippen molar-refractivity contribution in [1.29, 1.82) is 0 Å². The Labute approximate surface area is 121 Å². The quantitative estimate of drug-likeness (QED) is 0.792. The van der Waals surface area contributed by atoms with Gasteiger partial charge in [0.25, 0.3) is 0 Å². The van der Waals surface area contributed by atoms with E-state index < -0.39 is 5.97 Å². The lowest BCUT2D eigenvalue weighted by molar-refractivity contribution is 0.0699. The van der Waals surface area contributed by atoms with E-state index >= 15 is 0 Å². The number of carbonyl (C=O) groups is 1. The summed E-state index contributed by atoms with van der Waals surface area (Å²) in [6.07, 6.45) is 2.63. The molecule has 0 unspecified atom stereocenters. The van der Waals surface area contributed by atoms with Crippen molar-refractivity contribution in [3.05, 3.63) is 53.3 Å². The highest BCUT2D eigenvalue weighted by molar-refractivity contribution is 6.00. The van der Waals surface area contributed by atoms with Gasteiger partial charge in [-0.2, -0.15) is 0 Å². The molecule has 0 aliphatic heterocycles. The molecule has 0 fully saturated rings. The average Bonchev–Trinajstić information content (AvgIpc) is 2.91. The Balaban J connectivity index is 2.06. The highest BCUT2D eigenvalue weighted by atomic mass is 16.4. The fourth-order valence-electron chi connectivity index (χ4n) is 2.36. The van der Waals surface area contributed by atoms with Crippen LogP contribution in [0.1, 0.15) is 28.5 Å². The van der Waals surface area contributed by atoms with Crippen molar-refractivity contribution in [2.45, 2.75) is 19.9 Å². The standard InChI is InChI=1S/C15H14N4O2/c1-2-10-5-4-8-16-12(10)9-19-13-7-3-6-11(15(20)21)14(13)17-18-19/h3-8H,2,9H2,1H3,(H,20,21). The molecular weight excluding hydrogens is 268 g/mol. The normalized spacial score (nSPS) is 10.9. The van der Waals surface area contributed by atoms with Crippen LogP contribution < -0.4 is 0 Å². The van der Waals surface area contributed by atoms with Crippen molar-refractivity contribution in [3.63, 3.8) is 0 Å². The summed E-state index contributed by atoms with van der Waals surface area (Å²) in [6.45, 7) is 2.55. The summed E-state index contributed by atoms with van der Waals surface area (Å²) < 4.78 is 1.68. The molecule has 3 aromatic rings. The van der Waals surface area contributed by atoms with E-state index in [0.717, 1.165) is 17.7 Å². The fourth-order valence-corrected chi connectivity index (χ4v) is 2.36. The number of nitrogens with zero attached hydrogens (tertiary/aromatic N) is 4. The molecule has 0 atom stereocenters. The maximum absolute atomic E-state index is 11.2. The van der Waals surface area contributed by atoms with Crippen molar-refractivity contribution in [2.24, 2.45) is 0 Å². The number of aromatic carboxylic acids is 1. The Morgan fingerprint density at radius 1 is 1.29 bits per heavy atom. The summed E-state index contributed by atoms with van der Waals surface area (Å²) in [5.41, 5.74) is 3.33.